The van der Waals surface area contributed by atoms with E-state index in [-0.39, 0.29) is 0 Å². The fourth-order valence-corrected chi connectivity index (χ4v) is 3.50. The van der Waals surface area contributed by atoms with Crippen molar-refractivity contribution in [3.63, 3.8) is 0 Å². The summed E-state index contributed by atoms with van der Waals surface area (Å²) in [6.45, 7) is 2.70. The van der Waals surface area contributed by atoms with Crippen LogP contribution >= 0.6 is 12.2 Å². The van der Waals surface area contributed by atoms with Crippen LogP contribution < -0.4 is 9.47 Å². The van der Waals surface area contributed by atoms with Gasteiger partial charge in [0, 0.05) is 11.5 Å². The number of H-pyrrole nitrogens is 1. The van der Waals surface area contributed by atoms with Gasteiger partial charge in [-0.2, -0.15) is 14.9 Å². The Morgan fingerprint density at radius 2 is 2.15 bits per heavy atom. The Balaban J connectivity index is 1.91. The molecule has 7 heteroatoms. The minimum Gasteiger partial charge on any atom is -0.493 e. The summed E-state index contributed by atoms with van der Waals surface area (Å²) in [7, 11) is 1.64. The molecule has 0 bridgehead atoms. The number of rotatable bonds is 7. The standard InChI is InChI=1S/C19H26N4O2S/c1-3-12-25-17-15(10-7-11-16(17)24-2)13-20-23-18(21-22-19(23)26)14-8-5-4-6-9-14/h7,10-11,13-14H,3-6,8-9,12H2,1-2H3,(H,22,26)/b20-13-. The first kappa shape index (κ1) is 18.6. The Morgan fingerprint density at radius 3 is 2.88 bits per heavy atom. The third-order valence-corrected chi connectivity index (χ3v) is 4.90. The van der Waals surface area contributed by atoms with Gasteiger partial charge in [-0.15, -0.1) is 0 Å². The van der Waals surface area contributed by atoms with Crippen molar-refractivity contribution in [1.29, 1.82) is 0 Å². The second kappa shape index (κ2) is 8.98. The lowest BCUT2D eigenvalue weighted by Crippen LogP contribution is -2.10. The molecule has 1 N–H and O–H groups in total. The van der Waals surface area contributed by atoms with E-state index in [0.717, 1.165) is 30.7 Å². The first-order valence-corrected chi connectivity index (χ1v) is 9.67. The molecule has 6 nitrogen and oxygen atoms in total. The zero-order chi connectivity index (χ0) is 18.4. The van der Waals surface area contributed by atoms with Gasteiger partial charge in [-0.3, -0.25) is 5.10 Å². The van der Waals surface area contributed by atoms with Crippen molar-refractivity contribution in [2.45, 2.75) is 51.4 Å². The van der Waals surface area contributed by atoms with Crippen LogP contribution in [0.25, 0.3) is 0 Å². The molecule has 0 unspecified atom stereocenters. The highest BCUT2D eigenvalue weighted by molar-refractivity contribution is 7.71. The average molecular weight is 375 g/mol. The zero-order valence-electron chi connectivity index (χ0n) is 15.4. The highest BCUT2D eigenvalue weighted by atomic mass is 32.1. The summed E-state index contributed by atoms with van der Waals surface area (Å²) in [4.78, 5) is 0. The van der Waals surface area contributed by atoms with Crippen LogP contribution in [0.2, 0.25) is 0 Å². The summed E-state index contributed by atoms with van der Waals surface area (Å²) in [5, 5.41) is 11.9. The number of benzene rings is 1. The fourth-order valence-electron chi connectivity index (χ4n) is 3.31. The summed E-state index contributed by atoms with van der Waals surface area (Å²) < 4.78 is 13.6. The van der Waals surface area contributed by atoms with Crippen LogP contribution in [0.15, 0.2) is 23.3 Å². The number of para-hydroxylation sites is 1. The maximum atomic E-state index is 5.88. The predicted molar refractivity (Wildman–Crippen MR) is 105 cm³/mol. The van der Waals surface area contributed by atoms with Crippen LogP contribution in [0.5, 0.6) is 11.5 Å². The molecule has 0 spiro atoms. The smallest absolute Gasteiger partial charge is 0.216 e. The molecule has 0 atom stereocenters. The van der Waals surface area contributed by atoms with E-state index in [2.05, 4.69) is 22.2 Å². The average Bonchev–Trinajstić information content (AvgIpc) is 3.06. The van der Waals surface area contributed by atoms with Gasteiger partial charge in [0.15, 0.2) is 17.3 Å². The molecule has 1 heterocycles. The SMILES string of the molecule is CCCOc1c(/C=N\n2c(C3CCCCC3)n[nH]c2=S)cccc1OC. The van der Waals surface area contributed by atoms with Crippen molar-refractivity contribution < 1.29 is 9.47 Å². The molecular weight excluding hydrogens is 348 g/mol. The lowest BCUT2D eigenvalue weighted by atomic mass is 9.89. The van der Waals surface area contributed by atoms with E-state index in [0.29, 0.717) is 28.8 Å². The topological polar surface area (TPSA) is 64.4 Å². The molecule has 1 saturated carbocycles. The summed E-state index contributed by atoms with van der Waals surface area (Å²) >= 11 is 5.38. The van der Waals surface area contributed by atoms with Gasteiger partial charge in [0.2, 0.25) is 4.77 Å². The molecule has 3 rings (SSSR count). The quantitative estimate of drug-likeness (QED) is 0.565. The molecule has 140 valence electrons. The van der Waals surface area contributed by atoms with Crippen LogP contribution in [-0.4, -0.2) is 34.8 Å². The predicted octanol–water partition coefficient (Wildman–Crippen LogP) is 4.67. The van der Waals surface area contributed by atoms with E-state index < -0.39 is 0 Å². The minimum atomic E-state index is 0.412. The molecule has 0 amide bonds. The summed E-state index contributed by atoms with van der Waals surface area (Å²) in [6.07, 6.45) is 8.74. The molecule has 1 aliphatic carbocycles. The third-order valence-electron chi connectivity index (χ3n) is 4.64. The van der Waals surface area contributed by atoms with Gasteiger partial charge in [0.05, 0.1) is 19.9 Å². The van der Waals surface area contributed by atoms with Gasteiger partial charge < -0.3 is 9.47 Å². The second-order valence-electron chi connectivity index (χ2n) is 6.51. The minimum absolute atomic E-state index is 0.412. The van der Waals surface area contributed by atoms with Crippen molar-refractivity contribution >= 4 is 18.4 Å². The number of methoxy groups -OCH3 is 1. The Labute approximate surface area is 159 Å². The van der Waals surface area contributed by atoms with Crippen molar-refractivity contribution in [2.75, 3.05) is 13.7 Å². The van der Waals surface area contributed by atoms with Gasteiger partial charge in [-0.1, -0.05) is 32.3 Å². The van der Waals surface area contributed by atoms with E-state index in [1.807, 2.05) is 18.2 Å². The number of aromatic amines is 1. The normalized spacial score (nSPS) is 15.5. The number of aromatic nitrogens is 3. The number of nitrogens with one attached hydrogen (secondary N) is 1. The molecule has 1 aliphatic rings. The maximum absolute atomic E-state index is 5.88. The monoisotopic (exact) mass is 374 g/mol. The number of nitrogens with zero attached hydrogens (tertiary/aromatic N) is 3. The third kappa shape index (κ3) is 4.15. The van der Waals surface area contributed by atoms with Crippen molar-refractivity contribution in [3.05, 3.63) is 34.4 Å². The molecule has 0 saturated heterocycles. The Bertz CT molecular complexity index is 806. The summed E-state index contributed by atoms with van der Waals surface area (Å²) in [5.74, 6) is 2.74. The van der Waals surface area contributed by atoms with Crippen LogP contribution in [-0.2, 0) is 0 Å². The van der Waals surface area contributed by atoms with Crippen molar-refractivity contribution in [2.24, 2.45) is 5.10 Å². The van der Waals surface area contributed by atoms with E-state index in [9.17, 15) is 0 Å². The van der Waals surface area contributed by atoms with Crippen LogP contribution in [0.4, 0.5) is 0 Å². The Kier molecular flexibility index (Phi) is 6.44. The highest BCUT2D eigenvalue weighted by Crippen LogP contribution is 2.32. The first-order chi connectivity index (χ1) is 12.7. The Morgan fingerprint density at radius 1 is 1.35 bits per heavy atom. The van der Waals surface area contributed by atoms with Gasteiger partial charge >= 0.3 is 0 Å². The fraction of sp³-hybridized carbons (Fsp3) is 0.526. The molecule has 0 radical (unpaired) electrons. The number of hydrogen-bond acceptors (Lipinski definition) is 5. The van der Waals surface area contributed by atoms with Crippen LogP contribution in [0, 0.1) is 4.77 Å². The van der Waals surface area contributed by atoms with Gasteiger partial charge in [-0.25, -0.2) is 0 Å². The van der Waals surface area contributed by atoms with Gasteiger partial charge in [-0.05, 0) is 43.6 Å². The number of ether oxygens (including phenoxy) is 2. The second-order valence-corrected chi connectivity index (χ2v) is 6.89. The van der Waals surface area contributed by atoms with E-state index in [1.54, 1.807) is 18.0 Å². The van der Waals surface area contributed by atoms with Crippen molar-refractivity contribution in [1.82, 2.24) is 14.9 Å². The van der Waals surface area contributed by atoms with Gasteiger partial charge in [0.1, 0.15) is 0 Å². The summed E-state index contributed by atoms with van der Waals surface area (Å²) in [6, 6.07) is 5.77. The Hall–Kier alpha value is -2.15. The lowest BCUT2D eigenvalue weighted by molar-refractivity contribution is 0.294. The lowest BCUT2D eigenvalue weighted by Gasteiger charge is -2.20. The van der Waals surface area contributed by atoms with Crippen LogP contribution in [0.1, 0.15) is 62.8 Å². The molecule has 26 heavy (non-hydrogen) atoms. The molecule has 0 aliphatic heterocycles. The van der Waals surface area contributed by atoms with Crippen LogP contribution in [0.3, 0.4) is 0 Å². The van der Waals surface area contributed by atoms with Gasteiger partial charge in [0.25, 0.3) is 0 Å². The first-order valence-electron chi connectivity index (χ1n) is 9.26. The van der Waals surface area contributed by atoms with Crippen molar-refractivity contribution in [3.8, 4) is 11.5 Å². The van der Waals surface area contributed by atoms with E-state index >= 15 is 0 Å². The molecule has 2 aromatic rings. The molecule has 1 aromatic carbocycles. The maximum Gasteiger partial charge on any atom is 0.216 e. The highest BCUT2D eigenvalue weighted by Gasteiger charge is 2.21. The van der Waals surface area contributed by atoms with E-state index in [1.165, 1.54) is 19.3 Å². The number of hydrogen-bond donors (Lipinski definition) is 1. The molecule has 1 aromatic heterocycles. The zero-order valence-corrected chi connectivity index (χ0v) is 16.2. The van der Waals surface area contributed by atoms with E-state index in [4.69, 9.17) is 21.7 Å². The largest absolute Gasteiger partial charge is 0.493 e. The summed E-state index contributed by atoms with van der Waals surface area (Å²) in [5.41, 5.74) is 0.857. The molecule has 1 fully saturated rings. The molecular formula is C19H26N4O2S.